The van der Waals surface area contributed by atoms with Gasteiger partial charge < -0.3 is 10.3 Å². The van der Waals surface area contributed by atoms with Crippen molar-refractivity contribution in [2.45, 2.75) is 43.8 Å². The van der Waals surface area contributed by atoms with Gasteiger partial charge in [0.2, 0.25) is 0 Å². The summed E-state index contributed by atoms with van der Waals surface area (Å²) >= 11 is 0. The Bertz CT molecular complexity index is 844. The van der Waals surface area contributed by atoms with Crippen molar-refractivity contribution in [1.29, 1.82) is 0 Å². The highest BCUT2D eigenvalue weighted by atomic mass is 15.1. The molecule has 0 atom stereocenters. The molecule has 3 heteroatoms. The lowest BCUT2D eigenvalue weighted by Crippen LogP contribution is -2.47. The lowest BCUT2D eigenvalue weighted by atomic mass is 9.74. The largest absolute Gasteiger partial charge is 0.361 e. The van der Waals surface area contributed by atoms with E-state index in [1.165, 1.54) is 47.7 Å². The van der Waals surface area contributed by atoms with E-state index in [0.717, 1.165) is 6.54 Å². The monoisotopic (exact) mass is 347 g/mol. The van der Waals surface area contributed by atoms with Gasteiger partial charge in [-0.15, -0.1) is 0 Å². The van der Waals surface area contributed by atoms with Crippen LogP contribution >= 0.6 is 0 Å². The summed E-state index contributed by atoms with van der Waals surface area (Å²) in [6, 6.07) is 20.2. The second kappa shape index (κ2) is 7.26. The number of hydrogen-bond acceptors (Lipinski definition) is 2. The summed E-state index contributed by atoms with van der Waals surface area (Å²) in [5.41, 5.74) is 4.20. The van der Waals surface area contributed by atoms with Crippen molar-refractivity contribution in [3.8, 4) is 0 Å². The van der Waals surface area contributed by atoms with Crippen LogP contribution in [0, 0.1) is 0 Å². The molecule has 4 rings (SSSR count). The molecule has 0 unspecified atom stereocenters. The van der Waals surface area contributed by atoms with Gasteiger partial charge in [0.1, 0.15) is 0 Å². The number of hydrogen-bond donors (Lipinski definition) is 2. The Morgan fingerprint density at radius 1 is 1.04 bits per heavy atom. The molecule has 26 heavy (non-hydrogen) atoms. The van der Waals surface area contributed by atoms with Crippen LogP contribution in [0.3, 0.4) is 0 Å². The number of nitrogens with one attached hydrogen (secondary N) is 2. The minimum atomic E-state index is 0.138. The molecule has 0 radical (unpaired) electrons. The van der Waals surface area contributed by atoms with Crippen LogP contribution in [0.1, 0.15) is 36.8 Å². The molecule has 1 saturated carbocycles. The Morgan fingerprint density at radius 2 is 1.73 bits per heavy atom. The predicted molar refractivity (Wildman–Crippen MR) is 109 cm³/mol. The summed E-state index contributed by atoms with van der Waals surface area (Å²) in [4.78, 5) is 5.95. The number of fused-ring (bicyclic) bond motifs is 1. The first-order chi connectivity index (χ1) is 12.7. The van der Waals surface area contributed by atoms with Gasteiger partial charge in [-0.25, -0.2) is 0 Å². The van der Waals surface area contributed by atoms with Crippen molar-refractivity contribution >= 4 is 10.9 Å². The zero-order valence-corrected chi connectivity index (χ0v) is 15.8. The third-order valence-electron chi connectivity index (χ3n) is 6.33. The van der Waals surface area contributed by atoms with Gasteiger partial charge in [0, 0.05) is 35.2 Å². The van der Waals surface area contributed by atoms with E-state index in [9.17, 15) is 0 Å². The first-order valence-corrected chi connectivity index (χ1v) is 9.71. The van der Waals surface area contributed by atoms with E-state index in [1.807, 2.05) is 0 Å². The molecule has 0 spiro atoms. The number of H-pyrrole nitrogens is 1. The van der Waals surface area contributed by atoms with Crippen molar-refractivity contribution in [3.63, 3.8) is 0 Å². The average Bonchev–Trinajstić information content (AvgIpc) is 3.11. The molecule has 1 heterocycles. The number of nitrogens with zero attached hydrogens (tertiary/aromatic N) is 1. The van der Waals surface area contributed by atoms with E-state index in [1.54, 1.807) is 0 Å². The summed E-state index contributed by atoms with van der Waals surface area (Å²) in [6.07, 6.45) is 7.02. The number of aromatic nitrogens is 1. The van der Waals surface area contributed by atoms with Crippen molar-refractivity contribution in [2.24, 2.45) is 0 Å². The molecule has 2 N–H and O–H groups in total. The SMILES string of the molecule is CNC1(c2ccccc2)CCC(N(C)Cc2c[nH]c3ccccc23)CC1. The van der Waals surface area contributed by atoms with Crippen LogP contribution in [0.4, 0.5) is 0 Å². The molecule has 0 saturated heterocycles. The zero-order chi connectivity index (χ0) is 18.0. The van der Waals surface area contributed by atoms with Gasteiger partial charge in [0.25, 0.3) is 0 Å². The van der Waals surface area contributed by atoms with Gasteiger partial charge in [-0.05, 0) is 57.0 Å². The lowest BCUT2D eigenvalue weighted by Gasteiger charge is -2.43. The third kappa shape index (κ3) is 3.17. The van der Waals surface area contributed by atoms with Crippen LogP contribution in [-0.4, -0.2) is 30.0 Å². The van der Waals surface area contributed by atoms with E-state index >= 15 is 0 Å². The van der Waals surface area contributed by atoms with Crippen molar-refractivity contribution in [3.05, 3.63) is 71.9 Å². The molecule has 1 aliphatic carbocycles. The van der Waals surface area contributed by atoms with Crippen LogP contribution in [0.2, 0.25) is 0 Å². The van der Waals surface area contributed by atoms with Gasteiger partial charge >= 0.3 is 0 Å². The van der Waals surface area contributed by atoms with Crippen molar-refractivity contribution in [1.82, 2.24) is 15.2 Å². The summed E-state index contributed by atoms with van der Waals surface area (Å²) < 4.78 is 0. The Morgan fingerprint density at radius 3 is 2.46 bits per heavy atom. The fraction of sp³-hybridized carbons (Fsp3) is 0.391. The van der Waals surface area contributed by atoms with Gasteiger partial charge in [-0.2, -0.15) is 0 Å². The predicted octanol–water partition coefficient (Wildman–Crippen LogP) is 4.66. The molecule has 136 valence electrons. The zero-order valence-electron chi connectivity index (χ0n) is 15.8. The molecular weight excluding hydrogens is 318 g/mol. The summed E-state index contributed by atoms with van der Waals surface area (Å²) in [5.74, 6) is 0. The third-order valence-corrected chi connectivity index (χ3v) is 6.33. The Balaban J connectivity index is 1.44. The van der Waals surface area contributed by atoms with Crippen molar-refractivity contribution in [2.75, 3.05) is 14.1 Å². The normalized spacial score (nSPS) is 23.6. The quantitative estimate of drug-likeness (QED) is 0.703. The molecule has 3 nitrogen and oxygen atoms in total. The average molecular weight is 348 g/mol. The minimum Gasteiger partial charge on any atom is -0.361 e. The number of aromatic amines is 1. The lowest BCUT2D eigenvalue weighted by molar-refractivity contribution is 0.129. The molecule has 2 aromatic carbocycles. The van der Waals surface area contributed by atoms with E-state index in [4.69, 9.17) is 0 Å². The first-order valence-electron chi connectivity index (χ1n) is 9.71. The topological polar surface area (TPSA) is 31.1 Å². The maximum Gasteiger partial charge on any atom is 0.0457 e. The smallest absolute Gasteiger partial charge is 0.0457 e. The maximum absolute atomic E-state index is 3.64. The number of para-hydroxylation sites is 1. The highest BCUT2D eigenvalue weighted by molar-refractivity contribution is 5.82. The summed E-state index contributed by atoms with van der Waals surface area (Å²) in [6.45, 7) is 1.01. The van der Waals surface area contributed by atoms with Crippen molar-refractivity contribution < 1.29 is 0 Å². The first kappa shape index (κ1) is 17.3. The highest BCUT2D eigenvalue weighted by Crippen LogP contribution is 2.38. The molecule has 0 aliphatic heterocycles. The van der Waals surface area contributed by atoms with Gasteiger partial charge in [0.15, 0.2) is 0 Å². The number of benzene rings is 2. The van der Waals surface area contributed by atoms with Gasteiger partial charge in [0.05, 0.1) is 0 Å². The maximum atomic E-state index is 3.64. The minimum absolute atomic E-state index is 0.138. The van der Waals surface area contributed by atoms with Crippen LogP contribution in [0.15, 0.2) is 60.8 Å². The summed E-state index contributed by atoms with van der Waals surface area (Å²) in [5, 5.41) is 4.99. The van der Waals surface area contributed by atoms with Gasteiger partial charge in [-0.3, -0.25) is 4.90 Å². The Hall–Kier alpha value is -2.10. The Labute approximate surface area is 156 Å². The molecule has 0 amide bonds. The molecule has 1 aromatic heterocycles. The molecule has 3 aromatic rings. The molecular formula is C23H29N3. The molecule has 0 bridgehead atoms. The second-order valence-electron chi connectivity index (χ2n) is 7.70. The molecule has 1 fully saturated rings. The highest BCUT2D eigenvalue weighted by Gasteiger charge is 2.36. The van der Waals surface area contributed by atoms with E-state index < -0.39 is 0 Å². The fourth-order valence-electron chi connectivity index (χ4n) is 4.64. The van der Waals surface area contributed by atoms with Crippen LogP contribution in [0.5, 0.6) is 0 Å². The Kier molecular flexibility index (Phi) is 4.84. The van der Waals surface area contributed by atoms with Crippen LogP contribution in [0.25, 0.3) is 10.9 Å². The second-order valence-corrected chi connectivity index (χ2v) is 7.70. The van der Waals surface area contributed by atoms with E-state index in [0.29, 0.717) is 6.04 Å². The van der Waals surface area contributed by atoms with Crippen LogP contribution < -0.4 is 5.32 Å². The van der Waals surface area contributed by atoms with E-state index in [-0.39, 0.29) is 5.54 Å². The fourth-order valence-corrected chi connectivity index (χ4v) is 4.64. The van der Waals surface area contributed by atoms with E-state index in [2.05, 4.69) is 90.1 Å². The van der Waals surface area contributed by atoms with Crippen LogP contribution in [-0.2, 0) is 12.1 Å². The molecule has 1 aliphatic rings. The standard InChI is InChI=1S/C23H29N3/c1-24-23(19-8-4-3-5-9-19)14-12-20(13-15-23)26(2)17-18-16-25-22-11-7-6-10-21(18)22/h3-11,16,20,24-25H,12-15,17H2,1-2H3. The number of rotatable bonds is 5. The summed E-state index contributed by atoms with van der Waals surface area (Å²) in [7, 11) is 4.39. The van der Waals surface area contributed by atoms with Gasteiger partial charge in [-0.1, -0.05) is 48.5 Å².